The summed E-state index contributed by atoms with van der Waals surface area (Å²) in [5.41, 5.74) is 7.66. The minimum Gasteiger partial charge on any atom is -0.383 e. The third kappa shape index (κ3) is 4.62. The predicted octanol–water partition coefficient (Wildman–Crippen LogP) is 4.22. The van der Waals surface area contributed by atoms with Crippen LogP contribution in [0.25, 0.3) is 10.9 Å². The van der Waals surface area contributed by atoms with E-state index in [0.29, 0.717) is 32.9 Å². The summed E-state index contributed by atoms with van der Waals surface area (Å²) in [5, 5.41) is 9.05. The molecule has 31 heavy (non-hydrogen) atoms. The number of benzene rings is 1. The molecule has 0 aliphatic heterocycles. The number of carbonyl (C=O) groups excluding carboxylic acids is 1. The standard InChI is InChI=1S/C21H17BrClN7O/c1-12(20-25-7-2-8-26-20)30(11-15-4-6-18(23)29-28-15)21(31)13-3-5-17-14(9-13)10-16(22)19(24)27-17/h2-10,12H,11H2,1H3,(H2,24,27). The molecule has 0 bridgehead atoms. The van der Waals surface area contributed by atoms with E-state index in [0.717, 1.165) is 5.39 Å². The van der Waals surface area contributed by atoms with Gasteiger partial charge in [-0.3, -0.25) is 4.79 Å². The maximum Gasteiger partial charge on any atom is 0.254 e. The van der Waals surface area contributed by atoms with E-state index in [1.165, 1.54) is 0 Å². The molecule has 4 aromatic rings. The lowest BCUT2D eigenvalue weighted by atomic mass is 10.1. The number of rotatable bonds is 5. The van der Waals surface area contributed by atoms with Crippen molar-refractivity contribution in [2.24, 2.45) is 0 Å². The first kappa shape index (κ1) is 21.1. The fraction of sp³-hybridized carbons (Fsp3) is 0.143. The molecule has 0 fully saturated rings. The molecule has 1 aromatic carbocycles. The molecule has 8 nitrogen and oxygen atoms in total. The van der Waals surface area contributed by atoms with Crippen molar-refractivity contribution in [3.05, 3.63) is 81.6 Å². The number of anilines is 1. The van der Waals surface area contributed by atoms with Crippen molar-refractivity contribution >= 4 is 50.2 Å². The van der Waals surface area contributed by atoms with Gasteiger partial charge < -0.3 is 10.6 Å². The van der Waals surface area contributed by atoms with Gasteiger partial charge in [-0.1, -0.05) is 11.6 Å². The summed E-state index contributed by atoms with van der Waals surface area (Å²) in [4.78, 5) is 28.2. The molecule has 1 atom stereocenters. The number of nitrogens with two attached hydrogens (primary N) is 1. The second kappa shape index (κ2) is 8.91. The summed E-state index contributed by atoms with van der Waals surface area (Å²) < 4.78 is 0.670. The minimum atomic E-state index is -0.404. The normalized spacial score (nSPS) is 12.0. The number of aromatic nitrogens is 5. The predicted molar refractivity (Wildman–Crippen MR) is 121 cm³/mol. The number of nitrogens with zero attached hydrogens (tertiary/aromatic N) is 6. The average Bonchev–Trinajstić information content (AvgIpc) is 2.79. The monoisotopic (exact) mass is 497 g/mol. The summed E-state index contributed by atoms with van der Waals surface area (Å²) >= 11 is 9.24. The SMILES string of the molecule is CC(c1ncccn1)N(Cc1ccc(Cl)nn1)C(=O)c1ccc2nc(N)c(Br)cc2c1. The van der Waals surface area contributed by atoms with Gasteiger partial charge in [0.2, 0.25) is 0 Å². The number of hydrogen-bond donors (Lipinski definition) is 1. The van der Waals surface area contributed by atoms with E-state index in [1.807, 2.05) is 13.0 Å². The molecule has 0 spiro atoms. The molecule has 2 N–H and O–H groups in total. The van der Waals surface area contributed by atoms with Crippen LogP contribution in [0.2, 0.25) is 5.15 Å². The second-order valence-electron chi connectivity index (χ2n) is 6.83. The maximum atomic E-state index is 13.6. The minimum absolute atomic E-state index is 0.202. The van der Waals surface area contributed by atoms with Crippen LogP contribution in [0.5, 0.6) is 0 Å². The van der Waals surface area contributed by atoms with Crippen molar-refractivity contribution in [2.75, 3.05) is 5.73 Å². The highest BCUT2D eigenvalue weighted by molar-refractivity contribution is 9.10. The first-order valence-corrected chi connectivity index (χ1v) is 10.5. The molecule has 156 valence electrons. The van der Waals surface area contributed by atoms with Gasteiger partial charge in [0.05, 0.1) is 28.3 Å². The third-order valence-corrected chi connectivity index (χ3v) is 5.59. The van der Waals surface area contributed by atoms with E-state index >= 15 is 0 Å². The third-order valence-electron chi connectivity index (χ3n) is 4.75. The van der Waals surface area contributed by atoms with E-state index in [1.54, 1.807) is 53.7 Å². The zero-order valence-electron chi connectivity index (χ0n) is 16.4. The highest BCUT2D eigenvalue weighted by atomic mass is 79.9. The zero-order chi connectivity index (χ0) is 22.0. The van der Waals surface area contributed by atoms with Crippen LogP contribution >= 0.6 is 27.5 Å². The first-order chi connectivity index (χ1) is 14.9. The van der Waals surface area contributed by atoms with Gasteiger partial charge in [0.1, 0.15) is 11.6 Å². The summed E-state index contributed by atoms with van der Waals surface area (Å²) in [6.45, 7) is 2.08. The van der Waals surface area contributed by atoms with Gasteiger partial charge in [0, 0.05) is 23.3 Å². The van der Waals surface area contributed by atoms with E-state index in [-0.39, 0.29) is 17.6 Å². The lowest BCUT2D eigenvalue weighted by molar-refractivity contribution is 0.0663. The van der Waals surface area contributed by atoms with Gasteiger partial charge in [0.15, 0.2) is 5.15 Å². The number of hydrogen-bond acceptors (Lipinski definition) is 7. The van der Waals surface area contributed by atoms with E-state index < -0.39 is 6.04 Å². The van der Waals surface area contributed by atoms with Crippen LogP contribution in [0, 0.1) is 0 Å². The van der Waals surface area contributed by atoms with Gasteiger partial charge in [-0.25, -0.2) is 15.0 Å². The molecular weight excluding hydrogens is 482 g/mol. The highest BCUT2D eigenvalue weighted by Crippen LogP contribution is 2.26. The number of amides is 1. The summed E-state index contributed by atoms with van der Waals surface area (Å²) in [7, 11) is 0. The summed E-state index contributed by atoms with van der Waals surface area (Å²) in [6, 6.07) is 11.8. The largest absolute Gasteiger partial charge is 0.383 e. The van der Waals surface area contributed by atoms with Crippen LogP contribution in [0.1, 0.15) is 34.8 Å². The molecule has 3 aromatic heterocycles. The Kier molecular flexibility index (Phi) is 6.06. The zero-order valence-corrected chi connectivity index (χ0v) is 18.7. The van der Waals surface area contributed by atoms with E-state index in [2.05, 4.69) is 41.1 Å². The molecule has 10 heteroatoms. The number of nitrogen functional groups attached to an aromatic ring is 1. The van der Waals surface area contributed by atoms with Gasteiger partial charge >= 0.3 is 0 Å². The maximum absolute atomic E-state index is 13.6. The van der Waals surface area contributed by atoms with Gasteiger partial charge in [-0.2, -0.15) is 5.10 Å². The number of carbonyl (C=O) groups is 1. The molecule has 0 saturated carbocycles. The molecule has 0 radical (unpaired) electrons. The summed E-state index contributed by atoms with van der Waals surface area (Å²) in [6.07, 6.45) is 3.29. The van der Waals surface area contributed by atoms with Gasteiger partial charge in [-0.15, -0.1) is 5.10 Å². The van der Waals surface area contributed by atoms with E-state index in [9.17, 15) is 4.79 Å². The molecular formula is C21H17BrClN7O. The Labute approximate surface area is 191 Å². The van der Waals surface area contributed by atoms with Gasteiger partial charge in [-0.05, 0) is 65.3 Å². The smallest absolute Gasteiger partial charge is 0.254 e. The van der Waals surface area contributed by atoms with Crippen molar-refractivity contribution in [3.63, 3.8) is 0 Å². The molecule has 0 aliphatic rings. The topological polar surface area (TPSA) is 111 Å². The Morgan fingerprint density at radius 1 is 1.16 bits per heavy atom. The highest BCUT2D eigenvalue weighted by Gasteiger charge is 2.26. The van der Waals surface area contributed by atoms with Crippen LogP contribution in [0.4, 0.5) is 5.82 Å². The number of fused-ring (bicyclic) bond motifs is 1. The van der Waals surface area contributed by atoms with Crippen LogP contribution in [-0.4, -0.2) is 36.0 Å². The first-order valence-electron chi connectivity index (χ1n) is 9.34. The van der Waals surface area contributed by atoms with Crippen molar-refractivity contribution in [2.45, 2.75) is 19.5 Å². The quantitative estimate of drug-likeness (QED) is 0.438. The lowest BCUT2D eigenvalue weighted by Crippen LogP contribution is -2.34. The Bertz CT molecular complexity index is 1240. The average molecular weight is 499 g/mol. The molecule has 3 heterocycles. The van der Waals surface area contributed by atoms with Crippen LogP contribution in [0.15, 0.2) is 59.3 Å². The Balaban J connectivity index is 1.72. The fourth-order valence-corrected chi connectivity index (χ4v) is 3.55. The number of pyridine rings is 1. The van der Waals surface area contributed by atoms with Crippen LogP contribution < -0.4 is 5.73 Å². The molecule has 0 aliphatic carbocycles. The molecule has 0 saturated heterocycles. The van der Waals surface area contributed by atoms with Crippen molar-refractivity contribution in [1.29, 1.82) is 0 Å². The van der Waals surface area contributed by atoms with Crippen molar-refractivity contribution in [1.82, 2.24) is 30.0 Å². The summed E-state index contributed by atoms with van der Waals surface area (Å²) in [5.74, 6) is 0.715. The lowest BCUT2D eigenvalue weighted by Gasteiger charge is -2.28. The van der Waals surface area contributed by atoms with Crippen LogP contribution in [-0.2, 0) is 6.54 Å². The van der Waals surface area contributed by atoms with Crippen molar-refractivity contribution < 1.29 is 4.79 Å². The Hall–Kier alpha value is -3.17. The fourth-order valence-electron chi connectivity index (χ4n) is 3.12. The van der Waals surface area contributed by atoms with Gasteiger partial charge in [0.25, 0.3) is 5.91 Å². The van der Waals surface area contributed by atoms with E-state index in [4.69, 9.17) is 17.3 Å². The Morgan fingerprint density at radius 3 is 2.65 bits per heavy atom. The second-order valence-corrected chi connectivity index (χ2v) is 8.07. The van der Waals surface area contributed by atoms with Crippen LogP contribution in [0.3, 0.4) is 0 Å². The van der Waals surface area contributed by atoms with Crippen molar-refractivity contribution in [3.8, 4) is 0 Å². The molecule has 4 rings (SSSR count). The molecule has 1 unspecified atom stereocenters. The Morgan fingerprint density at radius 2 is 1.94 bits per heavy atom. The number of halogens is 2. The molecule has 1 amide bonds.